The lowest BCUT2D eigenvalue weighted by Gasteiger charge is -2.37. The number of halogens is 3. The average Bonchev–Trinajstić information content (AvgIpc) is 2.98. The minimum Gasteiger partial charge on any atom is -0.465 e. The topological polar surface area (TPSA) is 86.5 Å². The van der Waals surface area contributed by atoms with Gasteiger partial charge in [-0.1, -0.05) is 0 Å². The molecule has 6 nitrogen and oxygen atoms in total. The van der Waals surface area contributed by atoms with Crippen LogP contribution in [0.1, 0.15) is 36.1 Å². The van der Waals surface area contributed by atoms with E-state index >= 15 is 0 Å². The first-order valence-corrected chi connectivity index (χ1v) is 7.19. The van der Waals surface area contributed by atoms with Crippen molar-refractivity contribution in [2.24, 2.45) is 0 Å². The zero-order valence-electron chi connectivity index (χ0n) is 12.3. The molecule has 1 saturated heterocycles. The lowest BCUT2D eigenvalue weighted by molar-refractivity contribution is 0.0965. The number of aromatic amines is 1. The van der Waals surface area contributed by atoms with Gasteiger partial charge in [-0.3, -0.25) is 4.79 Å². The van der Waals surface area contributed by atoms with Crippen LogP contribution in [0.4, 0.5) is 18.0 Å². The number of nitrogens with one attached hydrogen (secondary N) is 1. The second-order valence-corrected chi connectivity index (χ2v) is 5.63. The van der Waals surface area contributed by atoms with Crippen LogP contribution in [-0.4, -0.2) is 27.8 Å². The van der Waals surface area contributed by atoms with Crippen LogP contribution in [0.3, 0.4) is 0 Å². The molecule has 0 saturated carbocycles. The fourth-order valence-electron chi connectivity index (χ4n) is 3.03. The van der Waals surface area contributed by atoms with Gasteiger partial charge >= 0.3 is 6.09 Å². The monoisotopic (exact) mass is 342 g/mol. The highest BCUT2D eigenvalue weighted by atomic mass is 19.2. The lowest BCUT2D eigenvalue weighted by Crippen LogP contribution is -2.39. The van der Waals surface area contributed by atoms with Crippen LogP contribution in [-0.2, 0) is 0 Å². The Morgan fingerprint density at radius 1 is 1.25 bits per heavy atom. The van der Waals surface area contributed by atoms with Crippen molar-refractivity contribution in [1.82, 2.24) is 10.1 Å². The van der Waals surface area contributed by atoms with Crippen LogP contribution >= 0.6 is 0 Å². The van der Waals surface area contributed by atoms with E-state index in [9.17, 15) is 27.9 Å². The van der Waals surface area contributed by atoms with Crippen LogP contribution in [0.5, 0.6) is 0 Å². The van der Waals surface area contributed by atoms with E-state index in [0.29, 0.717) is 12.2 Å². The molecule has 2 aromatic rings. The van der Waals surface area contributed by atoms with Crippen LogP contribution < -0.4 is 5.56 Å². The number of likely N-dealkylation sites (tertiary alicyclic amines) is 1. The van der Waals surface area contributed by atoms with E-state index in [0.717, 1.165) is 17.0 Å². The minimum atomic E-state index is -1.61. The molecule has 1 amide bonds. The van der Waals surface area contributed by atoms with Gasteiger partial charge in [0.2, 0.25) is 0 Å². The van der Waals surface area contributed by atoms with Crippen molar-refractivity contribution in [3.05, 3.63) is 57.3 Å². The summed E-state index contributed by atoms with van der Waals surface area (Å²) in [4.78, 5) is 23.6. The maximum atomic E-state index is 13.5. The van der Waals surface area contributed by atoms with Crippen molar-refractivity contribution < 1.29 is 27.6 Å². The summed E-state index contributed by atoms with van der Waals surface area (Å²) in [6, 6.07) is 1.94. The third-order valence-electron chi connectivity index (χ3n) is 4.18. The molecule has 1 aliphatic heterocycles. The van der Waals surface area contributed by atoms with Crippen LogP contribution in [0.15, 0.2) is 27.5 Å². The van der Waals surface area contributed by atoms with Gasteiger partial charge < -0.3 is 14.5 Å². The number of carbonyl (C=O) groups is 1. The van der Waals surface area contributed by atoms with Gasteiger partial charge in [-0.2, -0.15) is 5.16 Å². The number of amides is 1. The van der Waals surface area contributed by atoms with E-state index in [1.54, 1.807) is 0 Å². The highest BCUT2D eigenvalue weighted by Gasteiger charge is 2.35. The summed E-state index contributed by atoms with van der Waals surface area (Å²) in [7, 11) is 0. The minimum absolute atomic E-state index is 0.0105. The molecule has 2 atom stereocenters. The molecule has 128 valence electrons. The second-order valence-electron chi connectivity index (χ2n) is 5.63. The molecule has 0 spiro atoms. The Kier molecular flexibility index (Phi) is 4.08. The van der Waals surface area contributed by atoms with Crippen molar-refractivity contribution in [2.75, 3.05) is 6.54 Å². The standard InChI is InChI=1S/C15H13F3N2O4/c16-9-3-8(4-10(17)14(9)18)11-5-7(1-2-20(11)15(22)23)12-6-13(21)19-24-12/h3-4,6-7,11H,1-2,5H2,(H,19,21)(H,22,23). The molecule has 3 rings (SSSR count). The molecule has 0 radical (unpaired) electrons. The van der Waals surface area contributed by atoms with Gasteiger partial charge in [0.05, 0.1) is 6.04 Å². The Bertz CT molecular complexity index is 809. The van der Waals surface area contributed by atoms with Gasteiger partial charge in [-0.05, 0) is 30.5 Å². The van der Waals surface area contributed by atoms with Crippen LogP contribution in [0, 0.1) is 17.5 Å². The van der Waals surface area contributed by atoms with E-state index in [1.165, 1.54) is 6.07 Å². The first-order chi connectivity index (χ1) is 11.4. The highest BCUT2D eigenvalue weighted by Crippen LogP contribution is 2.39. The number of hydrogen-bond donors (Lipinski definition) is 2. The quantitative estimate of drug-likeness (QED) is 0.822. The normalized spacial score (nSPS) is 21.0. The zero-order valence-corrected chi connectivity index (χ0v) is 12.3. The molecular weight excluding hydrogens is 329 g/mol. The van der Waals surface area contributed by atoms with Crippen molar-refractivity contribution >= 4 is 6.09 Å². The lowest BCUT2D eigenvalue weighted by atomic mass is 9.86. The second kappa shape index (κ2) is 6.06. The Morgan fingerprint density at radius 2 is 1.92 bits per heavy atom. The van der Waals surface area contributed by atoms with Crippen molar-refractivity contribution in [2.45, 2.75) is 24.8 Å². The number of piperidine rings is 1. The molecule has 24 heavy (non-hydrogen) atoms. The molecule has 1 aliphatic rings. The highest BCUT2D eigenvalue weighted by molar-refractivity contribution is 5.66. The van der Waals surface area contributed by atoms with E-state index in [2.05, 4.69) is 5.16 Å². The molecule has 2 N–H and O–H groups in total. The molecule has 0 aliphatic carbocycles. The fourth-order valence-corrected chi connectivity index (χ4v) is 3.03. The molecule has 2 unspecified atom stereocenters. The van der Waals surface area contributed by atoms with E-state index < -0.39 is 35.1 Å². The van der Waals surface area contributed by atoms with E-state index in [-0.39, 0.29) is 24.4 Å². The summed E-state index contributed by atoms with van der Waals surface area (Å²) < 4.78 is 45.2. The maximum absolute atomic E-state index is 13.5. The summed E-state index contributed by atoms with van der Waals surface area (Å²) in [5.74, 6) is -4.33. The molecule has 1 fully saturated rings. The zero-order chi connectivity index (χ0) is 17.4. The van der Waals surface area contributed by atoms with Gasteiger partial charge in [0.1, 0.15) is 5.76 Å². The smallest absolute Gasteiger partial charge is 0.407 e. The van der Waals surface area contributed by atoms with E-state index in [1.807, 2.05) is 0 Å². The van der Waals surface area contributed by atoms with Crippen LogP contribution in [0.2, 0.25) is 0 Å². The molecule has 1 aromatic carbocycles. The summed E-state index contributed by atoms with van der Waals surface area (Å²) in [6.07, 6.45) is -0.716. The fraction of sp³-hybridized carbons (Fsp3) is 0.333. The largest absolute Gasteiger partial charge is 0.465 e. The van der Waals surface area contributed by atoms with E-state index in [4.69, 9.17) is 4.52 Å². The predicted octanol–water partition coefficient (Wildman–Crippen LogP) is 2.98. The first-order valence-electron chi connectivity index (χ1n) is 7.19. The molecule has 9 heteroatoms. The number of carboxylic acid groups (broad SMARTS) is 1. The van der Waals surface area contributed by atoms with Crippen molar-refractivity contribution in [3.63, 3.8) is 0 Å². The molecule has 2 heterocycles. The number of rotatable bonds is 2. The third kappa shape index (κ3) is 2.89. The summed E-state index contributed by atoms with van der Waals surface area (Å²) >= 11 is 0. The van der Waals surface area contributed by atoms with Gasteiger partial charge in [0.15, 0.2) is 17.5 Å². The number of H-pyrrole nitrogens is 1. The summed E-state index contributed by atoms with van der Waals surface area (Å²) in [5, 5.41) is 11.5. The number of benzene rings is 1. The average molecular weight is 342 g/mol. The number of nitrogens with zero attached hydrogens (tertiary/aromatic N) is 1. The Hall–Kier alpha value is -2.71. The van der Waals surface area contributed by atoms with Crippen molar-refractivity contribution in [1.29, 1.82) is 0 Å². The molecular formula is C15H13F3N2O4. The Labute approximate surface area is 133 Å². The predicted molar refractivity (Wildman–Crippen MR) is 75.1 cm³/mol. The SMILES string of the molecule is O=C(O)N1CCC(c2cc(=O)[nH]o2)CC1c1cc(F)c(F)c(F)c1. The molecule has 0 bridgehead atoms. The van der Waals surface area contributed by atoms with Crippen molar-refractivity contribution in [3.8, 4) is 0 Å². The first kappa shape index (κ1) is 16.2. The summed E-state index contributed by atoms with van der Waals surface area (Å²) in [6.45, 7) is 0.0835. The van der Waals surface area contributed by atoms with Gasteiger partial charge in [0, 0.05) is 18.5 Å². The maximum Gasteiger partial charge on any atom is 0.407 e. The van der Waals surface area contributed by atoms with Gasteiger partial charge in [-0.15, -0.1) is 0 Å². The Morgan fingerprint density at radius 3 is 2.46 bits per heavy atom. The van der Waals surface area contributed by atoms with Crippen LogP contribution in [0.25, 0.3) is 0 Å². The van der Waals surface area contributed by atoms with Gasteiger partial charge in [-0.25, -0.2) is 18.0 Å². The van der Waals surface area contributed by atoms with Gasteiger partial charge in [0.25, 0.3) is 5.56 Å². The number of aromatic nitrogens is 1. The number of hydrogen-bond acceptors (Lipinski definition) is 3. The Balaban J connectivity index is 1.96. The molecule has 1 aromatic heterocycles. The summed E-state index contributed by atoms with van der Waals surface area (Å²) in [5.41, 5.74) is -0.419. The third-order valence-corrected chi connectivity index (χ3v) is 4.18.